The first-order valence-corrected chi connectivity index (χ1v) is 14.0. The van der Waals surface area contributed by atoms with Gasteiger partial charge in [0.1, 0.15) is 11.6 Å². The highest BCUT2D eigenvalue weighted by molar-refractivity contribution is 5.89. The first kappa shape index (κ1) is 33.4. The molecule has 0 unspecified atom stereocenters. The van der Waals surface area contributed by atoms with Crippen LogP contribution in [0, 0.1) is 11.7 Å². The molecule has 0 saturated carbocycles. The molecule has 1 aliphatic heterocycles. The molecule has 43 heavy (non-hydrogen) atoms. The molecule has 7 nitrogen and oxygen atoms in total. The Kier molecular flexibility index (Phi) is 12.8. The third kappa shape index (κ3) is 12.0. The number of benzene rings is 3. The highest BCUT2D eigenvalue weighted by Gasteiger charge is 2.38. The molecule has 1 aliphatic rings. The maximum absolute atomic E-state index is 13.4. The Bertz CT molecular complexity index is 1260. The maximum atomic E-state index is 13.4. The van der Waals surface area contributed by atoms with Crippen LogP contribution in [0.15, 0.2) is 78.9 Å². The molecule has 0 bridgehead atoms. The Morgan fingerprint density at radius 1 is 0.953 bits per heavy atom. The quantitative estimate of drug-likeness (QED) is 0.248. The van der Waals surface area contributed by atoms with E-state index in [-0.39, 0.29) is 11.8 Å². The lowest BCUT2D eigenvalue weighted by Crippen LogP contribution is -2.39. The number of alkyl halides is 3. The summed E-state index contributed by atoms with van der Waals surface area (Å²) in [6.07, 6.45) is -0.607. The lowest BCUT2D eigenvalue weighted by atomic mass is 9.90. The van der Waals surface area contributed by atoms with Crippen LogP contribution in [0.3, 0.4) is 0 Å². The number of likely N-dealkylation sites (tertiary alicyclic amines) is 1. The van der Waals surface area contributed by atoms with E-state index in [2.05, 4.69) is 40.5 Å². The second kappa shape index (κ2) is 16.5. The molecule has 1 fully saturated rings. The van der Waals surface area contributed by atoms with E-state index in [0.717, 1.165) is 49.7 Å². The van der Waals surface area contributed by atoms with Gasteiger partial charge >= 0.3 is 18.2 Å². The van der Waals surface area contributed by atoms with E-state index in [4.69, 9.17) is 14.6 Å². The normalized spacial score (nSPS) is 13.9. The van der Waals surface area contributed by atoms with Crippen molar-refractivity contribution in [2.24, 2.45) is 5.92 Å². The summed E-state index contributed by atoms with van der Waals surface area (Å²) in [6, 6.07) is 24.2. The lowest BCUT2D eigenvalue weighted by molar-refractivity contribution is -0.192. The van der Waals surface area contributed by atoms with Crippen molar-refractivity contribution in [3.8, 4) is 5.75 Å². The van der Waals surface area contributed by atoms with E-state index in [1.165, 1.54) is 30.5 Å². The average Bonchev–Trinajstić information content (AvgIpc) is 2.99. The molecule has 232 valence electrons. The van der Waals surface area contributed by atoms with E-state index in [1.807, 2.05) is 24.3 Å². The number of aliphatic carboxylic acids is 1. The molecule has 0 aromatic heterocycles. The molecule has 0 atom stereocenters. The summed E-state index contributed by atoms with van der Waals surface area (Å²) in [5.41, 5.74) is 3.05. The number of carbonyl (C=O) groups is 2. The van der Waals surface area contributed by atoms with Crippen LogP contribution in [0.5, 0.6) is 5.75 Å². The fourth-order valence-electron chi connectivity index (χ4n) is 4.79. The Morgan fingerprint density at radius 2 is 1.56 bits per heavy atom. The molecule has 11 heteroatoms. The van der Waals surface area contributed by atoms with Crippen LogP contribution in [0.2, 0.25) is 0 Å². The molecular formula is C32H37F4N3O4. The van der Waals surface area contributed by atoms with Gasteiger partial charge in [0, 0.05) is 18.8 Å². The zero-order chi connectivity index (χ0) is 31.2. The summed E-state index contributed by atoms with van der Waals surface area (Å²) in [7, 11) is 1.61. The number of halogens is 4. The molecule has 3 aromatic rings. The van der Waals surface area contributed by atoms with Gasteiger partial charge in [0.2, 0.25) is 0 Å². The Labute approximate surface area is 249 Å². The first-order valence-electron chi connectivity index (χ1n) is 14.0. The van der Waals surface area contributed by atoms with Gasteiger partial charge in [-0.15, -0.1) is 0 Å². The van der Waals surface area contributed by atoms with Gasteiger partial charge in [-0.3, -0.25) is 0 Å². The standard InChI is InChI=1S/C30H36FN3O2.C2HF3O2/c1-36-29-14-12-28(13-15-29)32-30(35)34(23-26-8-10-27(31)11-9-26)19-5-18-33-20-16-25(17-21-33)22-24-6-3-2-4-7-24;3-2(4,5)1(6)7/h2-4,6-15,25H,5,16-23H2,1H3,(H,32,35);(H,6,7). The summed E-state index contributed by atoms with van der Waals surface area (Å²) in [5, 5.41) is 10.1. The number of methoxy groups -OCH3 is 1. The number of carboxylic acids is 1. The second-order valence-corrected chi connectivity index (χ2v) is 10.3. The highest BCUT2D eigenvalue weighted by Crippen LogP contribution is 2.22. The zero-order valence-corrected chi connectivity index (χ0v) is 24.0. The van der Waals surface area contributed by atoms with Gasteiger partial charge in [-0.05, 0) is 98.8 Å². The summed E-state index contributed by atoms with van der Waals surface area (Å²) < 4.78 is 50.3. The van der Waals surface area contributed by atoms with Crippen LogP contribution in [0.25, 0.3) is 0 Å². The monoisotopic (exact) mass is 603 g/mol. The molecule has 2 N–H and O–H groups in total. The number of urea groups is 1. The number of hydrogen-bond acceptors (Lipinski definition) is 4. The Morgan fingerprint density at radius 3 is 2.12 bits per heavy atom. The lowest BCUT2D eigenvalue weighted by Gasteiger charge is -2.32. The van der Waals surface area contributed by atoms with Gasteiger partial charge in [0.05, 0.1) is 7.11 Å². The Balaban J connectivity index is 0.000000646. The topological polar surface area (TPSA) is 82.1 Å². The van der Waals surface area contributed by atoms with Crippen LogP contribution in [-0.4, -0.2) is 66.4 Å². The second-order valence-electron chi connectivity index (χ2n) is 10.3. The molecular weight excluding hydrogens is 566 g/mol. The number of rotatable bonds is 10. The van der Waals surface area contributed by atoms with Crippen LogP contribution in [0.4, 0.5) is 28.0 Å². The predicted molar refractivity (Wildman–Crippen MR) is 156 cm³/mol. The van der Waals surface area contributed by atoms with Gasteiger partial charge in [0.25, 0.3) is 0 Å². The van der Waals surface area contributed by atoms with Gasteiger partial charge in [-0.1, -0.05) is 42.5 Å². The van der Waals surface area contributed by atoms with Crippen molar-refractivity contribution in [1.29, 1.82) is 0 Å². The first-order chi connectivity index (χ1) is 20.5. The number of piperidine rings is 1. The fraction of sp³-hybridized carbons (Fsp3) is 0.375. The van der Waals surface area contributed by atoms with Gasteiger partial charge < -0.3 is 25.0 Å². The van der Waals surface area contributed by atoms with Crippen molar-refractivity contribution in [1.82, 2.24) is 9.80 Å². The van der Waals surface area contributed by atoms with Crippen LogP contribution in [0.1, 0.15) is 30.4 Å². The number of anilines is 1. The van der Waals surface area contributed by atoms with E-state index in [9.17, 15) is 22.4 Å². The number of nitrogens with zero attached hydrogens (tertiary/aromatic N) is 2. The number of nitrogens with one attached hydrogen (secondary N) is 1. The van der Waals surface area contributed by atoms with Crippen LogP contribution in [-0.2, 0) is 17.8 Å². The van der Waals surface area contributed by atoms with Gasteiger partial charge in [-0.25, -0.2) is 14.0 Å². The van der Waals surface area contributed by atoms with E-state index >= 15 is 0 Å². The molecule has 3 aromatic carbocycles. The maximum Gasteiger partial charge on any atom is 0.490 e. The minimum atomic E-state index is -5.08. The third-order valence-electron chi connectivity index (χ3n) is 7.13. The van der Waals surface area contributed by atoms with E-state index in [0.29, 0.717) is 18.8 Å². The number of ether oxygens (including phenoxy) is 1. The fourth-order valence-corrected chi connectivity index (χ4v) is 4.79. The number of hydrogen-bond donors (Lipinski definition) is 2. The molecule has 0 radical (unpaired) electrons. The van der Waals surface area contributed by atoms with E-state index in [1.54, 1.807) is 24.1 Å². The molecule has 1 saturated heterocycles. The summed E-state index contributed by atoms with van der Waals surface area (Å²) in [6.45, 7) is 4.24. The van der Waals surface area contributed by atoms with Crippen molar-refractivity contribution >= 4 is 17.7 Å². The van der Waals surface area contributed by atoms with Gasteiger partial charge in [0.15, 0.2) is 0 Å². The minimum Gasteiger partial charge on any atom is -0.497 e. The van der Waals surface area contributed by atoms with Crippen LogP contribution >= 0.6 is 0 Å². The predicted octanol–water partition coefficient (Wildman–Crippen LogP) is 6.85. The summed E-state index contributed by atoms with van der Waals surface area (Å²) in [5.74, 6) is -1.55. The van der Waals surface area contributed by atoms with Crippen molar-refractivity contribution in [3.63, 3.8) is 0 Å². The Hall–Kier alpha value is -4.12. The summed E-state index contributed by atoms with van der Waals surface area (Å²) >= 11 is 0. The number of amides is 2. The summed E-state index contributed by atoms with van der Waals surface area (Å²) in [4.78, 5) is 26.3. The highest BCUT2D eigenvalue weighted by atomic mass is 19.4. The molecule has 2 amide bonds. The zero-order valence-electron chi connectivity index (χ0n) is 24.0. The van der Waals surface area contributed by atoms with Crippen LogP contribution < -0.4 is 10.1 Å². The van der Waals surface area contributed by atoms with Gasteiger partial charge in [-0.2, -0.15) is 13.2 Å². The van der Waals surface area contributed by atoms with Crippen molar-refractivity contribution in [2.75, 3.05) is 38.6 Å². The third-order valence-corrected chi connectivity index (χ3v) is 7.13. The number of carboxylic acid groups (broad SMARTS) is 1. The van der Waals surface area contributed by atoms with E-state index < -0.39 is 12.1 Å². The largest absolute Gasteiger partial charge is 0.497 e. The van der Waals surface area contributed by atoms with Crippen molar-refractivity contribution in [2.45, 2.75) is 38.4 Å². The molecule has 0 spiro atoms. The smallest absolute Gasteiger partial charge is 0.490 e. The molecule has 0 aliphatic carbocycles. The molecule has 4 rings (SSSR count). The van der Waals surface area contributed by atoms with Crippen molar-refractivity contribution < 1.29 is 37.0 Å². The number of carbonyl (C=O) groups excluding carboxylic acids is 1. The van der Waals surface area contributed by atoms with Crippen molar-refractivity contribution in [3.05, 3.63) is 95.8 Å². The SMILES string of the molecule is COc1ccc(NC(=O)N(CCCN2CCC(Cc3ccccc3)CC2)Cc2ccc(F)cc2)cc1.O=C(O)C(F)(F)F. The molecule has 1 heterocycles. The average molecular weight is 604 g/mol. The minimum absolute atomic E-state index is 0.161.